The second kappa shape index (κ2) is 6.57. The van der Waals surface area contributed by atoms with Crippen molar-refractivity contribution in [3.05, 3.63) is 46.2 Å². The van der Waals surface area contributed by atoms with Crippen molar-refractivity contribution < 1.29 is 18.3 Å². The van der Waals surface area contributed by atoms with Crippen LogP contribution in [-0.4, -0.2) is 20.6 Å². The summed E-state index contributed by atoms with van der Waals surface area (Å²) in [5.41, 5.74) is 1.35. The second-order valence-corrected chi connectivity index (χ2v) is 7.03. The summed E-state index contributed by atoms with van der Waals surface area (Å²) in [4.78, 5) is 0.106. The summed E-state index contributed by atoms with van der Waals surface area (Å²) in [7, 11) is -2.18. The van der Waals surface area contributed by atoms with Gasteiger partial charge in [0.1, 0.15) is 5.75 Å². The molecule has 0 aliphatic carbocycles. The zero-order valence-corrected chi connectivity index (χ0v) is 13.4. The molecule has 2 rings (SSSR count). The minimum atomic E-state index is -3.66. The number of methoxy groups -OCH3 is 1. The van der Waals surface area contributed by atoms with Crippen LogP contribution >= 0.6 is 11.3 Å². The van der Waals surface area contributed by atoms with E-state index in [1.807, 2.05) is 16.8 Å². The van der Waals surface area contributed by atoms with Gasteiger partial charge < -0.3 is 9.84 Å². The maximum atomic E-state index is 12.4. The number of nitrogens with one attached hydrogen (secondary N) is 1. The molecule has 114 valence electrons. The maximum Gasteiger partial charge on any atom is 0.241 e. The number of hydrogen-bond acceptors (Lipinski definition) is 5. The van der Waals surface area contributed by atoms with Crippen LogP contribution in [0.1, 0.15) is 24.1 Å². The molecule has 0 radical (unpaired) electrons. The molecule has 0 saturated heterocycles. The smallest absolute Gasteiger partial charge is 0.241 e. The summed E-state index contributed by atoms with van der Waals surface area (Å²) in [6, 6.07) is 5.98. The highest BCUT2D eigenvalue weighted by Gasteiger charge is 2.20. The Bertz CT molecular complexity index is 696. The van der Waals surface area contributed by atoms with Gasteiger partial charge in [0.05, 0.1) is 18.6 Å². The number of benzene rings is 1. The fourth-order valence-electron chi connectivity index (χ4n) is 1.94. The molecular weight excluding hydrogens is 310 g/mol. The Morgan fingerprint density at radius 3 is 2.71 bits per heavy atom. The van der Waals surface area contributed by atoms with Gasteiger partial charge in [0.2, 0.25) is 10.0 Å². The van der Waals surface area contributed by atoms with Crippen LogP contribution in [0.2, 0.25) is 0 Å². The average molecular weight is 327 g/mol. The van der Waals surface area contributed by atoms with Crippen LogP contribution in [-0.2, 0) is 16.6 Å². The normalized spacial score (nSPS) is 13.1. The lowest BCUT2D eigenvalue weighted by Crippen LogP contribution is -2.26. The van der Waals surface area contributed by atoms with Crippen molar-refractivity contribution in [3.63, 3.8) is 0 Å². The van der Waals surface area contributed by atoms with Crippen LogP contribution < -0.4 is 9.46 Å². The maximum absolute atomic E-state index is 12.4. The van der Waals surface area contributed by atoms with E-state index in [1.54, 1.807) is 6.92 Å². The first-order chi connectivity index (χ1) is 9.97. The molecule has 1 heterocycles. The molecule has 1 aromatic heterocycles. The van der Waals surface area contributed by atoms with Crippen LogP contribution in [0.25, 0.3) is 0 Å². The third kappa shape index (κ3) is 3.62. The van der Waals surface area contributed by atoms with Gasteiger partial charge in [-0.15, -0.1) is 0 Å². The summed E-state index contributed by atoms with van der Waals surface area (Å²) in [6.07, 6.45) is 0. The molecular formula is C14H17NO4S2. The van der Waals surface area contributed by atoms with Crippen molar-refractivity contribution in [2.45, 2.75) is 24.5 Å². The van der Waals surface area contributed by atoms with Gasteiger partial charge >= 0.3 is 0 Å². The van der Waals surface area contributed by atoms with E-state index in [1.165, 1.54) is 36.6 Å². The molecule has 2 aromatic rings. The van der Waals surface area contributed by atoms with E-state index in [4.69, 9.17) is 4.74 Å². The van der Waals surface area contributed by atoms with Gasteiger partial charge in [-0.2, -0.15) is 11.3 Å². The third-order valence-corrected chi connectivity index (χ3v) is 5.35. The molecule has 7 heteroatoms. The molecule has 1 aromatic carbocycles. The first-order valence-corrected chi connectivity index (χ1v) is 8.72. The van der Waals surface area contributed by atoms with E-state index < -0.39 is 10.0 Å². The predicted octanol–water partition coefficient (Wildman–Crippen LogP) is 2.29. The van der Waals surface area contributed by atoms with Gasteiger partial charge in [0.15, 0.2) is 0 Å². The van der Waals surface area contributed by atoms with Crippen molar-refractivity contribution in [2.24, 2.45) is 0 Å². The van der Waals surface area contributed by atoms with E-state index >= 15 is 0 Å². The summed E-state index contributed by atoms with van der Waals surface area (Å²) in [5.74, 6) is 0.460. The lowest BCUT2D eigenvalue weighted by Gasteiger charge is -2.14. The van der Waals surface area contributed by atoms with Gasteiger partial charge in [0, 0.05) is 11.6 Å². The molecule has 21 heavy (non-hydrogen) atoms. The van der Waals surface area contributed by atoms with Crippen LogP contribution in [0.5, 0.6) is 5.75 Å². The fourth-order valence-corrected chi connectivity index (χ4v) is 3.97. The SMILES string of the molecule is COc1ccc(S(=O)(=O)NC(C)c2ccsc2)cc1CO. The molecule has 0 bridgehead atoms. The quantitative estimate of drug-likeness (QED) is 0.853. The minimum Gasteiger partial charge on any atom is -0.496 e. The molecule has 0 saturated carbocycles. The van der Waals surface area contributed by atoms with Gasteiger partial charge in [0.25, 0.3) is 0 Å². The van der Waals surface area contributed by atoms with Crippen LogP contribution in [0, 0.1) is 0 Å². The number of hydrogen-bond donors (Lipinski definition) is 2. The molecule has 0 aliphatic heterocycles. The first kappa shape index (κ1) is 16.0. The summed E-state index contributed by atoms with van der Waals surface area (Å²) >= 11 is 1.52. The topological polar surface area (TPSA) is 75.6 Å². The largest absolute Gasteiger partial charge is 0.496 e. The summed E-state index contributed by atoms with van der Waals surface area (Å²) < 4.78 is 32.4. The zero-order valence-electron chi connectivity index (χ0n) is 11.7. The first-order valence-electron chi connectivity index (χ1n) is 6.30. The van der Waals surface area contributed by atoms with Crippen molar-refractivity contribution >= 4 is 21.4 Å². The van der Waals surface area contributed by atoms with Crippen LogP contribution in [0.15, 0.2) is 39.9 Å². The van der Waals surface area contributed by atoms with Crippen LogP contribution in [0.4, 0.5) is 0 Å². The average Bonchev–Trinajstić information content (AvgIpc) is 3.00. The van der Waals surface area contributed by atoms with Crippen molar-refractivity contribution in [1.82, 2.24) is 4.72 Å². The Balaban J connectivity index is 2.27. The van der Waals surface area contributed by atoms with E-state index in [-0.39, 0.29) is 17.5 Å². The number of thiophene rings is 1. The Morgan fingerprint density at radius 1 is 1.38 bits per heavy atom. The molecule has 0 fully saturated rings. The van der Waals surface area contributed by atoms with Crippen molar-refractivity contribution in [2.75, 3.05) is 7.11 Å². The number of aliphatic hydroxyl groups is 1. The Morgan fingerprint density at radius 2 is 2.14 bits per heavy atom. The Hall–Kier alpha value is -1.41. The fraction of sp³-hybridized carbons (Fsp3) is 0.286. The highest BCUT2D eigenvalue weighted by Crippen LogP contribution is 2.24. The van der Waals surface area contributed by atoms with Crippen molar-refractivity contribution in [3.8, 4) is 5.75 Å². The van der Waals surface area contributed by atoms with Gasteiger partial charge in [-0.3, -0.25) is 0 Å². The molecule has 1 unspecified atom stereocenters. The van der Waals surface area contributed by atoms with Crippen LogP contribution in [0.3, 0.4) is 0 Å². The molecule has 5 nitrogen and oxygen atoms in total. The minimum absolute atomic E-state index is 0.106. The molecule has 1 atom stereocenters. The second-order valence-electron chi connectivity index (χ2n) is 4.53. The number of aliphatic hydroxyl groups excluding tert-OH is 1. The van der Waals surface area contributed by atoms with E-state index in [0.29, 0.717) is 11.3 Å². The summed E-state index contributed by atoms with van der Waals surface area (Å²) in [6.45, 7) is 1.50. The lowest BCUT2D eigenvalue weighted by atomic mass is 10.2. The summed E-state index contributed by atoms with van der Waals surface area (Å²) in [5, 5.41) is 13.1. The number of ether oxygens (including phenoxy) is 1. The Labute approximate surface area is 128 Å². The predicted molar refractivity (Wildman–Crippen MR) is 82.0 cm³/mol. The zero-order chi connectivity index (χ0) is 15.5. The Kier molecular flexibility index (Phi) is 5.00. The van der Waals surface area contributed by atoms with Gasteiger partial charge in [-0.25, -0.2) is 13.1 Å². The molecule has 0 aliphatic rings. The molecule has 2 N–H and O–H groups in total. The third-order valence-electron chi connectivity index (χ3n) is 3.11. The molecule has 0 amide bonds. The number of sulfonamides is 1. The lowest BCUT2D eigenvalue weighted by molar-refractivity contribution is 0.273. The number of rotatable bonds is 6. The standard InChI is InChI=1S/C14H17NO4S2/c1-10(11-5-6-20-9-11)15-21(17,18)13-3-4-14(19-2)12(7-13)8-16/h3-7,9-10,15-16H,8H2,1-2H3. The van der Waals surface area contributed by atoms with Crippen molar-refractivity contribution in [1.29, 1.82) is 0 Å². The monoisotopic (exact) mass is 327 g/mol. The van der Waals surface area contributed by atoms with Gasteiger partial charge in [-0.1, -0.05) is 0 Å². The van der Waals surface area contributed by atoms with E-state index in [2.05, 4.69) is 4.72 Å². The molecule has 0 spiro atoms. The van der Waals surface area contributed by atoms with E-state index in [9.17, 15) is 13.5 Å². The highest BCUT2D eigenvalue weighted by atomic mass is 32.2. The highest BCUT2D eigenvalue weighted by molar-refractivity contribution is 7.89. The van der Waals surface area contributed by atoms with E-state index in [0.717, 1.165) is 5.56 Å². The van der Waals surface area contributed by atoms with Gasteiger partial charge in [-0.05, 0) is 47.5 Å².